The van der Waals surface area contributed by atoms with Crippen molar-refractivity contribution in [2.45, 2.75) is 26.5 Å². The Hall–Kier alpha value is -1.09. The summed E-state index contributed by atoms with van der Waals surface area (Å²) in [5.41, 5.74) is 0.422. The molecule has 0 radical (unpaired) electrons. The van der Waals surface area contributed by atoms with Crippen LogP contribution in [-0.4, -0.2) is 94.1 Å². The normalized spacial score (nSPS) is 21.3. The van der Waals surface area contributed by atoms with Gasteiger partial charge in [0.15, 0.2) is 5.69 Å². The van der Waals surface area contributed by atoms with Crippen molar-refractivity contribution in [2.24, 2.45) is 5.92 Å². The first-order valence-corrected chi connectivity index (χ1v) is 10.6. The maximum atomic E-state index is 12.5. The van der Waals surface area contributed by atoms with Gasteiger partial charge in [-0.05, 0) is 5.92 Å². The summed E-state index contributed by atoms with van der Waals surface area (Å²) >= 11 is 1.88. The lowest BCUT2D eigenvalue weighted by Crippen LogP contribution is -2.48. The molecule has 2 aliphatic heterocycles. The predicted molar refractivity (Wildman–Crippen MR) is 102 cm³/mol. The van der Waals surface area contributed by atoms with Crippen LogP contribution in [0.1, 0.15) is 30.2 Å². The molecular formula is C18H30N4O3S. The zero-order chi connectivity index (χ0) is 18.5. The van der Waals surface area contributed by atoms with E-state index in [1.165, 1.54) is 6.26 Å². The van der Waals surface area contributed by atoms with Gasteiger partial charge in [-0.1, -0.05) is 13.8 Å². The second kappa shape index (κ2) is 9.21. The number of thioether (sulfide) groups is 1. The molecule has 1 amide bonds. The molecule has 0 spiro atoms. The van der Waals surface area contributed by atoms with Crippen molar-refractivity contribution >= 4 is 17.7 Å². The zero-order valence-corrected chi connectivity index (χ0v) is 16.6. The summed E-state index contributed by atoms with van der Waals surface area (Å²) < 4.78 is 5.54. The van der Waals surface area contributed by atoms with Crippen LogP contribution in [0.25, 0.3) is 0 Å². The van der Waals surface area contributed by atoms with Crippen LogP contribution in [0.2, 0.25) is 0 Å². The highest BCUT2D eigenvalue weighted by Gasteiger charge is 2.24. The van der Waals surface area contributed by atoms with Crippen LogP contribution < -0.4 is 0 Å². The van der Waals surface area contributed by atoms with Gasteiger partial charge in [-0.25, -0.2) is 4.98 Å². The Balaban J connectivity index is 1.45. The Morgan fingerprint density at radius 2 is 1.85 bits per heavy atom. The van der Waals surface area contributed by atoms with E-state index in [1.54, 1.807) is 0 Å². The lowest BCUT2D eigenvalue weighted by atomic mass is 10.1. The van der Waals surface area contributed by atoms with Crippen LogP contribution in [0.3, 0.4) is 0 Å². The van der Waals surface area contributed by atoms with Crippen molar-refractivity contribution in [2.75, 3.05) is 57.3 Å². The van der Waals surface area contributed by atoms with Crippen LogP contribution in [0.15, 0.2) is 10.7 Å². The molecule has 1 unspecified atom stereocenters. The standard InChI is InChI=1S/C18H30N4O3S/c1-14(2)16(23)11-20-3-5-21(6-4-20)12-17-19-15(13-25-17)18(24)22-7-9-26-10-8-22/h13-14,16,23H,3-12H2,1-2H3. The molecule has 0 aromatic carbocycles. The fourth-order valence-electron chi connectivity index (χ4n) is 3.21. The molecule has 2 saturated heterocycles. The van der Waals surface area contributed by atoms with Crippen LogP contribution in [0, 0.1) is 5.92 Å². The van der Waals surface area contributed by atoms with Crippen molar-refractivity contribution < 1.29 is 14.3 Å². The van der Waals surface area contributed by atoms with E-state index in [0.717, 1.165) is 57.3 Å². The summed E-state index contributed by atoms with van der Waals surface area (Å²) in [7, 11) is 0. The summed E-state index contributed by atoms with van der Waals surface area (Å²) in [5, 5.41) is 10.0. The van der Waals surface area contributed by atoms with Gasteiger partial charge >= 0.3 is 0 Å². The highest BCUT2D eigenvalue weighted by molar-refractivity contribution is 7.99. The Morgan fingerprint density at radius 1 is 1.19 bits per heavy atom. The van der Waals surface area contributed by atoms with E-state index in [-0.39, 0.29) is 17.9 Å². The number of aromatic nitrogens is 1. The minimum absolute atomic E-state index is 0.0206. The summed E-state index contributed by atoms with van der Waals surface area (Å²) in [4.78, 5) is 23.3. The Kier molecular flexibility index (Phi) is 6.97. The maximum absolute atomic E-state index is 12.5. The highest BCUT2D eigenvalue weighted by Crippen LogP contribution is 2.15. The van der Waals surface area contributed by atoms with Gasteiger partial charge in [0, 0.05) is 57.3 Å². The molecule has 7 nitrogen and oxygen atoms in total. The van der Waals surface area contributed by atoms with Crippen molar-refractivity contribution in [1.82, 2.24) is 19.7 Å². The van der Waals surface area contributed by atoms with E-state index >= 15 is 0 Å². The smallest absolute Gasteiger partial charge is 0.275 e. The predicted octanol–water partition coefficient (Wildman–Crippen LogP) is 0.998. The van der Waals surface area contributed by atoms with Gasteiger partial charge in [-0.3, -0.25) is 14.6 Å². The molecule has 146 valence electrons. The minimum atomic E-state index is -0.268. The third kappa shape index (κ3) is 5.22. The van der Waals surface area contributed by atoms with E-state index in [9.17, 15) is 9.90 Å². The van der Waals surface area contributed by atoms with Crippen molar-refractivity contribution in [3.63, 3.8) is 0 Å². The Morgan fingerprint density at radius 3 is 2.50 bits per heavy atom. The molecule has 2 fully saturated rings. The number of amides is 1. The topological polar surface area (TPSA) is 73.1 Å². The molecule has 0 bridgehead atoms. The molecule has 1 N–H and O–H groups in total. The summed E-state index contributed by atoms with van der Waals surface area (Å²) in [5.74, 6) is 2.86. The minimum Gasteiger partial charge on any atom is -0.447 e. The van der Waals surface area contributed by atoms with Gasteiger partial charge in [-0.15, -0.1) is 0 Å². The lowest BCUT2D eigenvalue weighted by Gasteiger charge is -2.35. The number of carbonyl (C=O) groups excluding carboxylic acids is 1. The number of hydrogen-bond donors (Lipinski definition) is 1. The highest BCUT2D eigenvalue weighted by atomic mass is 32.2. The molecule has 0 saturated carbocycles. The van der Waals surface area contributed by atoms with Gasteiger partial charge in [0.25, 0.3) is 5.91 Å². The number of aliphatic hydroxyl groups is 1. The molecule has 26 heavy (non-hydrogen) atoms. The first kappa shape index (κ1) is 19.7. The second-order valence-electron chi connectivity index (χ2n) is 7.42. The number of rotatable bonds is 6. The molecule has 1 aromatic heterocycles. The van der Waals surface area contributed by atoms with Crippen molar-refractivity contribution in [3.8, 4) is 0 Å². The van der Waals surface area contributed by atoms with Gasteiger partial charge in [0.1, 0.15) is 6.26 Å². The quantitative estimate of drug-likeness (QED) is 0.787. The fraction of sp³-hybridized carbons (Fsp3) is 0.778. The Bertz CT molecular complexity index is 581. The van der Waals surface area contributed by atoms with E-state index < -0.39 is 0 Å². The molecule has 8 heteroatoms. The van der Waals surface area contributed by atoms with Gasteiger partial charge in [0.05, 0.1) is 12.6 Å². The first-order chi connectivity index (χ1) is 12.5. The van der Waals surface area contributed by atoms with Crippen LogP contribution in [-0.2, 0) is 6.54 Å². The van der Waals surface area contributed by atoms with Crippen molar-refractivity contribution in [3.05, 3.63) is 17.8 Å². The first-order valence-electron chi connectivity index (χ1n) is 9.47. The molecule has 3 heterocycles. The summed E-state index contributed by atoms with van der Waals surface area (Å²) in [6.07, 6.45) is 1.23. The van der Waals surface area contributed by atoms with Gasteiger partial charge in [-0.2, -0.15) is 11.8 Å². The number of hydrogen-bond acceptors (Lipinski definition) is 7. The number of β-amino-alcohol motifs (C(OH)–C–C–N with tert-alkyl or cyclic N) is 1. The SMILES string of the molecule is CC(C)C(O)CN1CCN(Cc2nc(C(=O)N3CCSCC3)co2)CC1. The molecule has 0 aliphatic carbocycles. The number of carbonyl (C=O) groups is 1. The molecule has 1 atom stereocenters. The van der Waals surface area contributed by atoms with Crippen molar-refractivity contribution in [1.29, 1.82) is 0 Å². The van der Waals surface area contributed by atoms with Crippen LogP contribution in [0.4, 0.5) is 0 Å². The third-order valence-electron chi connectivity index (χ3n) is 5.11. The number of oxazole rings is 1. The van der Waals surface area contributed by atoms with Crippen LogP contribution >= 0.6 is 11.8 Å². The zero-order valence-electron chi connectivity index (χ0n) is 15.8. The second-order valence-corrected chi connectivity index (χ2v) is 8.64. The monoisotopic (exact) mass is 382 g/mol. The van der Waals surface area contributed by atoms with E-state index in [0.29, 0.717) is 18.1 Å². The average Bonchev–Trinajstić information content (AvgIpc) is 3.12. The third-order valence-corrected chi connectivity index (χ3v) is 6.05. The molecule has 2 aliphatic rings. The van der Waals surface area contributed by atoms with E-state index in [4.69, 9.17) is 4.42 Å². The summed E-state index contributed by atoms with van der Waals surface area (Å²) in [6.45, 7) is 10.7. The lowest BCUT2D eigenvalue weighted by molar-refractivity contribution is 0.0463. The average molecular weight is 383 g/mol. The van der Waals surface area contributed by atoms with Crippen LogP contribution in [0.5, 0.6) is 0 Å². The maximum Gasteiger partial charge on any atom is 0.275 e. The van der Waals surface area contributed by atoms with E-state index in [2.05, 4.69) is 14.8 Å². The molecule has 1 aromatic rings. The number of piperazine rings is 1. The van der Waals surface area contributed by atoms with Gasteiger partial charge in [0.2, 0.25) is 5.89 Å². The van der Waals surface area contributed by atoms with Gasteiger partial charge < -0.3 is 14.4 Å². The fourth-order valence-corrected chi connectivity index (χ4v) is 4.11. The largest absolute Gasteiger partial charge is 0.447 e. The molecular weight excluding hydrogens is 352 g/mol. The summed E-state index contributed by atoms with van der Waals surface area (Å²) in [6, 6.07) is 0. The van der Waals surface area contributed by atoms with E-state index in [1.807, 2.05) is 30.5 Å². The number of nitrogens with zero attached hydrogens (tertiary/aromatic N) is 4. The molecule has 3 rings (SSSR count). The Labute approximate surface area is 159 Å². The number of aliphatic hydroxyl groups excluding tert-OH is 1.